The van der Waals surface area contributed by atoms with Crippen molar-refractivity contribution in [2.75, 3.05) is 52.4 Å². The van der Waals surface area contributed by atoms with E-state index in [2.05, 4.69) is 60.9 Å². The summed E-state index contributed by atoms with van der Waals surface area (Å²) in [5, 5.41) is 6.62. The van der Waals surface area contributed by atoms with Crippen LogP contribution in [0.3, 0.4) is 0 Å². The molecule has 4 aliphatic heterocycles. The van der Waals surface area contributed by atoms with Crippen LogP contribution in [0.5, 0.6) is 0 Å². The molecule has 0 saturated carbocycles. The van der Waals surface area contributed by atoms with Gasteiger partial charge in [0.2, 0.25) is 0 Å². The molecule has 4 atom stereocenters. The number of hydrogen-bond acceptors (Lipinski definition) is 6. The molecule has 0 aromatic heterocycles. The first-order chi connectivity index (χ1) is 32.9. The SMILES string of the molecule is Cc1cccc(-c2ccc(C(=O)N3CC(N[C@@H]4CN(C(=O)c5ccccc5)CC4F)C3)cc2)c1.Cc1cccc(-c2ccc(C(=O)N3CC(N[C@H]4CN(C(=O)c5ccccc5)CC4F)C3)cc2)c1. The maximum atomic E-state index is 14.6. The molecule has 4 saturated heterocycles. The molecule has 6 aromatic carbocycles. The average Bonchev–Trinajstić information content (AvgIpc) is 3.91. The first-order valence-corrected chi connectivity index (χ1v) is 23.4. The Kier molecular flexibility index (Phi) is 13.9. The van der Waals surface area contributed by atoms with E-state index in [4.69, 9.17) is 0 Å². The predicted molar refractivity (Wildman–Crippen MR) is 261 cm³/mol. The Morgan fingerprint density at radius 2 is 0.706 bits per heavy atom. The van der Waals surface area contributed by atoms with Crippen LogP contribution in [0.25, 0.3) is 22.3 Å². The molecular weight excluding hydrogens is 859 g/mol. The summed E-state index contributed by atoms with van der Waals surface area (Å²) in [4.78, 5) is 57.6. The smallest absolute Gasteiger partial charge is 0.254 e. The molecule has 6 aromatic rings. The van der Waals surface area contributed by atoms with Gasteiger partial charge in [0.25, 0.3) is 23.6 Å². The lowest BCUT2D eigenvalue weighted by atomic mass is 10.0. The molecule has 4 heterocycles. The largest absolute Gasteiger partial charge is 0.335 e. The zero-order valence-corrected chi connectivity index (χ0v) is 38.3. The topological polar surface area (TPSA) is 105 Å². The molecule has 68 heavy (non-hydrogen) atoms. The lowest BCUT2D eigenvalue weighted by molar-refractivity contribution is 0.0535. The number of nitrogens with zero attached hydrogens (tertiary/aromatic N) is 4. The zero-order chi connectivity index (χ0) is 47.3. The van der Waals surface area contributed by atoms with Crippen LogP contribution in [0, 0.1) is 13.8 Å². The second-order valence-electron chi connectivity index (χ2n) is 18.4. The molecule has 2 unspecified atom stereocenters. The number of amides is 4. The van der Waals surface area contributed by atoms with Gasteiger partial charge in [-0.25, -0.2) is 8.78 Å². The monoisotopic (exact) mass is 914 g/mol. The highest BCUT2D eigenvalue weighted by Gasteiger charge is 2.41. The zero-order valence-electron chi connectivity index (χ0n) is 38.3. The minimum Gasteiger partial charge on any atom is -0.335 e. The van der Waals surface area contributed by atoms with Crippen LogP contribution in [-0.2, 0) is 0 Å². The van der Waals surface area contributed by atoms with Gasteiger partial charge in [0.1, 0.15) is 12.3 Å². The molecular formula is C56H56F2N6O4. The van der Waals surface area contributed by atoms with Crippen LogP contribution in [-0.4, -0.2) is 132 Å². The quantitative estimate of drug-likeness (QED) is 0.145. The third-order valence-corrected chi connectivity index (χ3v) is 13.3. The maximum absolute atomic E-state index is 14.6. The van der Waals surface area contributed by atoms with Crippen molar-refractivity contribution in [3.05, 3.63) is 191 Å². The number of likely N-dealkylation sites (tertiary alicyclic amines) is 4. The Balaban J connectivity index is 0.000000170. The van der Waals surface area contributed by atoms with Gasteiger partial charge in [0.15, 0.2) is 0 Å². The highest BCUT2D eigenvalue weighted by atomic mass is 19.1. The van der Waals surface area contributed by atoms with Crippen LogP contribution in [0.4, 0.5) is 8.78 Å². The molecule has 4 fully saturated rings. The molecule has 348 valence electrons. The minimum atomic E-state index is -1.12. The van der Waals surface area contributed by atoms with Gasteiger partial charge in [-0.05, 0) is 84.6 Å². The fraction of sp³-hybridized carbons (Fsp3) is 0.286. The summed E-state index contributed by atoms with van der Waals surface area (Å²) in [6, 6.07) is 49.1. The van der Waals surface area contributed by atoms with Crippen molar-refractivity contribution in [2.24, 2.45) is 0 Å². The summed E-state index contributed by atoms with van der Waals surface area (Å²) in [6.45, 7) is 7.11. The minimum absolute atomic E-state index is 0.0158. The molecule has 0 radical (unpaired) electrons. The fourth-order valence-electron chi connectivity index (χ4n) is 9.43. The number of rotatable bonds is 10. The molecule has 10 nitrogen and oxygen atoms in total. The highest BCUT2D eigenvalue weighted by Crippen LogP contribution is 2.26. The number of nitrogens with one attached hydrogen (secondary N) is 2. The normalized spacial score (nSPS) is 20.3. The van der Waals surface area contributed by atoms with Gasteiger partial charge in [-0.15, -0.1) is 0 Å². The van der Waals surface area contributed by atoms with Gasteiger partial charge in [0.05, 0.1) is 25.2 Å². The van der Waals surface area contributed by atoms with Crippen LogP contribution in [0.1, 0.15) is 52.6 Å². The third-order valence-electron chi connectivity index (χ3n) is 13.3. The number of halogens is 2. The van der Waals surface area contributed by atoms with Gasteiger partial charge >= 0.3 is 0 Å². The summed E-state index contributed by atoms with van der Waals surface area (Å²) < 4.78 is 29.2. The van der Waals surface area contributed by atoms with E-state index in [-0.39, 0.29) is 48.8 Å². The Morgan fingerprint density at radius 3 is 1.04 bits per heavy atom. The molecule has 4 amide bonds. The van der Waals surface area contributed by atoms with Gasteiger partial charge in [-0.1, -0.05) is 120 Å². The number of carbonyl (C=O) groups is 4. The molecule has 0 bridgehead atoms. The molecule has 12 heteroatoms. The van der Waals surface area contributed by atoms with Crippen LogP contribution in [0.2, 0.25) is 0 Å². The lowest BCUT2D eigenvalue weighted by Gasteiger charge is -2.41. The molecule has 10 rings (SSSR count). The summed E-state index contributed by atoms with van der Waals surface area (Å²) in [5.74, 6) is -0.324. The van der Waals surface area contributed by atoms with Crippen molar-refractivity contribution >= 4 is 23.6 Å². The Bertz CT molecular complexity index is 2540. The van der Waals surface area contributed by atoms with E-state index in [1.165, 1.54) is 11.1 Å². The van der Waals surface area contributed by atoms with E-state index < -0.39 is 24.4 Å². The predicted octanol–water partition coefficient (Wildman–Crippen LogP) is 7.88. The van der Waals surface area contributed by atoms with E-state index in [0.29, 0.717) is 61.5 Å². The van der Waals surface area contributed by atoms with Crippen molar-refractivity contribution in [1.82, 2.24) is 30.2 Å². The number of benzene rings is 6. The Labute approximate surface area is 396 Å². The number of hydrogen-bond donors (Lipinski definition) is 2. The Hall–Kier alpha value is -7.02. The number of carbonyl (C=O) groups excluding carboxylic acids is 4. The fourth-order valence-corrected chi connectivity index (χ4v) is 9.43. The van der Waals surface area contributed by atoms with E-state index in [0.717, 1.165) is 22.3 Å². The van der Waals surface area contributed by atoms with Gasteiger partial charge < -0.3 is 30.2 Å². The average molecular weight is 915 g/mol. The van der Waals surface area contributed by atoms with Crippen molar-refractivity contribution in [1.29, 1.82) is 0 Å². The van der Waals surface area contributed by atoms with Gasteiger partial charge in [0, 0.05) is 73.6 Å². The van der Waals surface area contributed by atoms with Crippen LogP contribution >= 0.6 is 0 Å². The van der Waals surface area contributed by atoms with Crippen molar-refractivity contribution in [2.45, 2.75) is 50.4 Å². The van der Waals surface area contributed by atoms with E-state index in [1.54, 1.807) is 43.9 Å². The van der Waals surface area contributed by atoms with Crippen LogP contribution < -0.4 is 10.6 Å². The molecule has 4 aliphatic rings. The van der Waals surface area contributed by atoms with Gasteiger partial charge in [-0.3, -0.25) is 19.2 Å². The van der Waals surface area contributed by atoms with E-state index in [9.17, 15) is 28.0 Å². The summed E-state index contributed by atoms with van der Waals surface area (Å²) >= 11 is 0. The van der Waals surface area contributed by atoms with E-state index in [1.807, 2.05) is 97.1 Å². The summed E-state index contributed by atoms with van der Waals surface area (Å²) in [6.07, 6.45) is -2.24. The van der Waals surface area contributed by atoms with Crippen LogP contribution in [0.15, 0.2) is 158 Å². The second kappa shape index (κ2) is 20.5. The number of aryl methyl sites for hydroxylation is 2. The molecule has 0 spiro atoms. The van der Waals surface area contributed by atoms with Gasteiger partial charge in [-0.2, -0.15) is 0 Å². The molecule has 0 aliphatic carbocycles. The summed E-state index contributed by atoms with van der Waals surface area (Å²) in [7, 11) is 0. The molecule has 2 N–H and O–H groups in total. The van der Waals surface area contributed by atoms with Crippen molar-refractivity contribution in [3.8, 4) is 22.3 Å². The third kappa shape index (κ3) is 10.6. The summed E-state index contributed by atoms with van der Waals surface area (Å²) in [5.41, 5.74) is 9.25. The maximum Gasteiger partial charge on any atom is 0.254 e. The second-order valence-corrected chi connectivity index (χ2v) is 18.4. The van der Waals surface area contributed by atoms with E-state index >= 15 is 0 Å². The Morgan fingerprint density at radius 1 is 0.382 bits per heavy atom. The first kappa shape index (κ1) is 46.1. The highest BCUT2D eigenvalue weighted by molar-refractivity contribution is 5.97. The van der Waals surface area contributed by atoms with Crippen molar-refractivity contribution < 1.29 is 28.0 Å². The number of alkyl halides is 2. The van der Waals surface area contributed by atoms with Crippen molar-refractivity contribution in [3.63, 3.8) is 0 Å². The first-order valence-electron chi connectivity index (χ1n) is 23.4. The standard InChI is InChI=1S/2C28H28FN3O2/c2*1-19-6-5-9-23(14-19)20-10-12-22(13-11-20)28(34)31-15-24(16-31)30-26-18-32(17-25(26)29)27(33)21-7-3-2-4-8-21/h2*2-14,24-26,30H,15-18H2,1H3/t2*25?,26-/m10/s1. The lowest BCUT2D eigenvalue weighted by Crippen LogP contribution is -2.63.